The Balaban J connectivity index is 2.54. The lowest BCUT2D eigenvalue weighted by Gasteiger charge is -2.32. The van der Waals surface area contributed by atoms with Crippen molar-refractivity contribution in [1.29, 1.82) is 0 Å². The first-order valence-corrected chi connectivity index (χ1v) is 9.15. The van der Waals surface area contributed by atoms with Crippen LogP contribution in [-0.4, -0.2) is 38.1 Å². The molecular weight excluding hydrogens is 326 g/mol. The minimum absolute atomic E-state index is 0.00721. The van der Waals surface area contributed by atoms with Gasteiger partial charge in [-0.15, -0.1) is 0 Å². The quantitative estimate of drug-likeness (QED) is 0.840. The molecule has 0 radical (unpaired) electrons. The molecule has 1 N–H and O–H groups in total. The summed E-state index contributed by atoms with van der Waals surface area (Å²) in [6.45, 7) is 7.19. The summed E-state index contributed by atoms with van der Waals surface area (Å²) >= 11 is 6.13. The van der Waals surface area contributed by atoms with Crippen LogP contribution in [0.2, 0.25) is 5.02 Å². The normalized spacial score (nSPS) is 20.4. The predicted octanol–water partition coefficient (Wildman–Crippen LogP) is 1.53. The van der Waals surface area contributed by atoms with E-state index in [2.05, 4.69) is 0 Å². The second-order valence-corrected chi connectivity index (χ2v) is 8.89. The van der Waals surface area contributed by atoms with Gasteiger partial charge < -0.3 is 14.4 Å². The molecule has 0 spiro atoms. The van der Waals surface area contributed by atoms with E-state index in [1.807, 2.05) is 27.7 Å². The van der Waals surface area contributed by atoms with Gasteiger partial charge in [0.1, 0.15) is 0 Å². The minimum Gasteiger partial charge on any atom is -0.399 e. The van der Waals surface area contributed by atoms with Gasteiger partial charge in [-0.1, -0.05) is 11.6 Å². The van der Waals surface area contributed by atoms with E-state index < -0.39 is 34.8 Å². The lowest BCUT2D eigenvalue weighted by Crippen LogP contribution is -2.41. The monoisotopic (exact) mass is 346 g/mol. The molecule has 0 atom stereocenters. The number of aliphatic hydroxyl groups is 1. The first kappa shape index (κ1) is 17.8. The van der Waals surface area contributed by atoms with Crippen molar-refractivity contribution in [2.75, 3.05) is 6.26 Å². The molecule has 0 saturated carbocycles. The van der Waals surface area contributed by atoms with Crippen LogP contribution in [0.4, 0.5) is 0 Å². The lowest BCUT2D eigenvalue weighted by atomic mass is 9.79. The Kier molecular flexibility index (Phi) is 4.43. The number of hydrogen-bond donors (Lipinski definition) is 1. The Morgan fingerprint density at radius 2 is 1.68 bits per heavy atom. The van der Waals surface area contributed by atoms with Crippen molar-refractivity contribution in [2.45, 2.75) is 50.4 Å². The van der Waals surface area contributed by atoms with Crippen LogP contribution in [0.3, 0.4) is 0 Å². The van der Waals surface area contributed by atoms with Crippen LogP contribution in [0.5, 0.6) is 0 Å². The van der Waals surface area contributed by atoms with E-state index in [1.165, 1.54) is 6.07 Å². The standard InChI is InChI=1S/C14H20BClO5S/c1-13(2)14(3,4)21-15(20-13)9-6-11(16)10(8-17)12(7-9)22(5,18)19/h6-7,17H,8H2,1-5H3. The van der Waals surface area contributed by atoms with Crippen molar-refractivity contribution in [3.63, 3.8) is 0 Å². The predicted molar refractivity (Wildman–Crippen MR) is 86.2 cm³/mol. The molecule has 1 aromatic carbocycles. The summed E-state index contributed by atoms with van der Waals surface area (Å²) in [6.07, 6.45) is 1.08. The highest BCUT2D eigenvalue weighted by atomic mass is 35.5. The molecule has 1 heterocycles. The van der Waals surface area contributed by atoms with Crippen LogP contribution in [-0.2, 0) is 25.8 Å². The van der Waals surface area contributed by atoms with Crippen LogP contribution in [0.25, 0.3) is 0 Å². The van der Waals surface area contributed by atoms with Crippen molar-refractivity contribution in [2.24, 2.45) is 0 Å². The van der Waals surface area contributed by atoms with Crippen molar-refractivity contribution < 1.29 is 22.8 Å². The van der Waals surface area contributed by atoms with E-state index in [9.17, 15) is 13.5 Å². The summed E-state index contributed by atoms with van der Waals surface area (Å²) in [5.41, 5.74) is -0.374. The molecule has 0 bridgehead atoms. The van der Waals surface area contributed by atoms with E-state index in [0.29, 0.717) is 5.46 Å². The average Bonchev–Trinajstić information content (AvgIpc) is 2.56. The van der Waals surface area contributed by atoms with Crippen molar-refractivity contribution >= 4 is 34.0 Å². The van der Waals surface area contributed by atoms with Gasteiger partial charge in [0.2, 0.25) is 0 Å². The maximum Gasteiger partial charge on any atom is 0.494 e. The number of rotatable bonds is 3. The molecular formula is C14H20BClO5S. The van der Waals surface area contributed by atoms with Crippen LogP contribution in [0.1, 0.15) is 33.3 Å². The zero-order chi connectivity index (χ0) is 16.9. The van der Waals surface area contributed by atoms with Crippen LogP contribution in [0, 0.1) is 0 Å². The molecule has 1 aromatic rings. The third-order valence-electron chi connectivity index (χ3n) is 4.26. The molecule has 1 saturated heterocycles. The molecule has 122 valence electrons. The maximum absolute atomic E-state index is 11.9. The molecule has 22 heavy (non-hydrogen) atoms. The number of aliphatic hydroxyl groups excluding tert-OH is 1. The van der Waals surface area contributed by atoms with Gasteiger partial charge in [0.25, 0.3) is 0 Å². The number of benzene rings is 1. The largest absolute Gasteiger partial charge is 0.494 e. The van der Waals surface area contributed by atoms with Gasteiger partial charge in [0.15, 0.2) is 9.84 Å². The molecule has 8 heteroatoms. The van der Waals surface area contributed by atoms with E-state index in [1.54, 1.807) is 6.07 Å². The first-order valence-electron chi connectivity index (χ1n) is 6.88. The molecule has 1 aliphatic rings. The third-order valence-corrected chi connectivity index (χ3v) is 5.76. The second-order valence-electron chi connectivity index (χ2n) is 6.50. The van der Waals surface area contributed by atoms with E-state index in [-0.39, 0.29) is 15.5 Å². The van der Waals surface area contributed by atoms with Gasteiger partial charge in [-0.25, -0.2) is 8.42 Å². The molecule has 0 amide bonds. The van der Waals surface area contributed by atoms with Crippen LogP contribution in [0.15, 0.2) is 17.0 Å². The number of sulfone groups is 1. The summed E-state index contributed by atoms with van der Waals surface area (Å²) in [4.78, 5) is -0.00721. The number of halogens is 1. The molecule has 0 unspecified atom stereocenters. The van der Waals surface area contributed by atoms with Crippen molar-refractivity contribution in [1.82, 2.24) is 0 Å². The second kappa shape index (κ2) is 5.49. The van der Waals surface area contributed by atoms with E-state index >= 15 is 0 Å². The highest BCUT2D eigenvalue weighted by Crippen LogP contribution is 2.37. The fourth-order valence-electron chi connectivity index (χ4n) is 2.23. The van der Waals surface area contributed by atoms with Gasteiger partial charge in [-0.2, -0.15) is 0 Å². The number of hydrogen-bond acceptors (Lipinski definition) is 5. The van der Waals surface area contributed by atoms with Gasteiger partial charge >= 0.3 is 7.12 Å². The Labute approximate surface area is 136 Å². The SMILES string of the molecule is CC1(C)OB(c2cc(Cl)c(CO)c(S(C)(=O)=O)c2)OC1(C)C. The molecule has 0 aliphatic carbocycles. The minimum atomic E-state index is -3.53. The van der Waals surface area contributed by atoms with Gasteiger partial charge in [0, 0.05) is 16.8 Å². The van der Waals surface area contributed by atoms with Crippen LogP contribution < -0.4 is 5.46 Å². The first-order chi connectivity index (χ1) is 9.89. The van der Waals surface area contributed by atoms with E-state index in [4.69, 9.17) is 20.9 Å². The van der Waals surface area contributed by atoms with Crippen molar-refractivity contribution in [3.05, 3.63) is 22.7 Å². The molecule has 0 aromatic heterocycles. The smallest absolute Gasteiger partial charge is 0.399 e. The van der Waals surface area contributed by atoms with Gasteiger partial charge in [0.05, 0.1) is 22.7 Å². The lowest BCUT2D eigenvalue weighted by molar-refractivity contribution is 0.00578. The molecule has 5 nitrogen and oxygen atoms in total. The average molecular weight is 347 g/mol. The zero-order valence-electron chi connectivity index (χ0n) is 13.3. The molecule has 1 fully saturated rings. The summed E-state index contributed by atoms with van der Waals surface area (Å²) in [5, 5.41) is 9.55. The Bertz CT molecular complexity index is 683. The highest BCUT2D eigenvalue weighted by Gasteiger charge is 2.52. The highest BCUT2D eigenvalue weighted by molar-refractivity contribution is 7.90. The Morgan fingerprint density at radius 3 is 2.09 bits per heavy atom. The summed E-state index contributed by atoms with van der Waals surface area (Å²) in [5.74, 6) is 0. The topological polar surface area (TPSA) is 72.8 Å². The molecule has 1 aliphatic heterocycles. The Morgan fingerprint density at radius 1 is 1.18 bits per heavy atom. The Hall–Kier alpha value is -0.595. The summed E-state index contributed by atoms with van der Waals surface area (Å²) < 4.78 is 35.7. The fraction of sp³-hybridized carbons (Fsp3) is 0.571. The fourth-order valence-corrected chi connectivity index (χ4v) is 3.55. The summed E-state index contributed by atoms with van der Waals surface area (Å²) in [6, 6.07) is 3.03. The van der Waals surface area contributed by atoms with Crippen LogP contribution >= 0.6 is 11.6 Å². The van der Waals surface area contributed by atoms with Crippen molar-refractivity contribution in [3.8, 4) is 0 Å². The van der Waals surface area contributed by atoms with E-state index in [0.717, 1.165) is 6.26 Å². The maximum atomic E-state index is 11.9. The third kappa shape index (κ3) is 3.05. The summed E-state index contributed by atoms with van der Waals surface area (Å²) in [7, 11) is -4.25. The van der Waals surface area contributed by atoms with Gasteiger partial charge in [-0.3, -0.25) is 0 Å². The van der Waals surface area contributed by atoms with Gasteiger partial charge in [-0.05, 0) is 45.3 Å². The zero-order valence-corrected chi connectivity index (χ0v) is 14.9. The molecule has 2 rings (SSSR count).